The van der Waals surface area contributed by atoms with Crippen LogP contribution in [0.4, 0.5) is 0 Å². The highest BCUT2D eigenvalue weighted by Crippen LogP contribution is 2.20. The Morgan fingerprint density at radius 1 is 1.50 bits per heavy atom. The van der Waals surface area contributed by atoms with Crippen LogP contribution in [0.1, 0.15) is 25.7 Å². The SMILES string of the molecule is O=C(CCCn1c(=S)[nH]c2ccc(Cl)cc21)NC1CC1. The number of carbonyl (C=O) groups excluding carboxylic acids is 1. The summed E-state index contributed by atoms with van der Waals surface area (Å²) in [6.45, 7) is 0.720. The lowest BCUT2D eigenvalue weighted by Gasteiger charge is -2.05. The van der Waals surface area contributed by atoms with Crippen molar-refractivity contribution >= 4 is 40.8 Å². The summed E-state index contributed by atoms with van der Waals surface area (Å²) >= 11 is 11.3. The van der Waals surface area contributed by atoms with E-state index in [1.54, 1.807) is 0 Å². The van der Waals surface area contributed by atoms with Crippen LogP contribution in [0.2, 0.25) is 5.02 Å². The molecule has 4 nitrogen and oxygen atoms in total. The van der Waals surface area contributed by atoms with Crippen molar-refractivity contribution in [3.63, 3.8) is 0 Å². The summed E-state index contributed by atoms with van der Waals surface area (Å²) < 4.78 is 2.67. The molecule has 0 radical (unpaired) electrons. The number of fused-ring (bicyclic) bond motifs is 1. The Bertz CT molecular complexity index is 702. The number of nitrogens with one attached hydrogen (secondary N) is 2. The van der Waals surface area contributed by atoms with Crippen LogP contribution in [-0.2, 0) is 11.3 Å². The second-order valence-corrected chi connectivity index (χ2v) is 6.01. The van der Waals surface area contributed by atoms with E-state index in [1.807, 2.05) is 22.8 Å². The van der Waals surface area contributed by atoms with E-state index < -0.39 is 0 Å². The number of hydrogen-bond donors (Lipinski definition) is 2. The summed E-state index contributed by atoms with van der Waals surface area (Å²) in [7, 11) is 0. The molecule has 0 aliphatic heterocycles. The molecule has 1 saturated carbocycles. The van der Waals surface area contributed by atoms with Gasteiger partial charge < -0.3 is 14.9 Å². The molecule has 106 valence electrons. The summed E-state index contributed by atoms with van der Waals surface area (Å²) in [6, 6.07) is 6.08. The Labute approximate surface area is 127 Å². The predicted molar refractivity (Wildman–Crippen MR) is 82.5 cm³/mol. The molecule has 1 aromatic heterocycles. The maximum atomic E-state index is 11.6. The molecule has 1 fully saturated rings. The van der Waals surface area contributed by atoms with Crippen molar-refractivity contribution in [2.45, 2.75) is 38.3 Å². The Hall–Kier alpha value is -1.33. The van der Waals surface area contributed by atoms with Gasteiger partial charge in [0.2, 0.25) is 5.91 Å². The third-order valence-electron chi connectivity index (χ3n) is 3.47. The standard InChI is InChI=1S/C14H16ClN3OS/c15-9-3-6-11-12(8-9)18(14(20)17-11)7-1-2-13(19)16-10-4-5-10/h3,6,8,10H,1-2,4-5,7H2,(H,16,19)(H,17,20). The van der Waals surface area contributed by atoms with E-state index in [1.165, 1.54) is 0 Å². The minimum atomic E-state index is 0.136. The molecule has 1 aliphatic rings. The lowest BCUT2D eigenvalue weighted by molar-refractivity contribution is -0.121. The minimum absolute atomic E-state index is 0.136. The average molecular weight is 310 g/mol. The van der Waals surface area contributed by atoms with E-state index in [2.05, 4.69) is 10.3 Å². The van der Waals surface area contributed by atoms with Gasteiger partial charge in [0, 0.05) is 24.0 Å². The number of nitrogens with zero attached hydrogens (tertiary/aromatic N) is 1. The first-order valence-electron chi connectivity index (χ1n) is 6.81. The maximum absolute atomic E-state index is 11.6. The number of H-pyrrole nitrogens is 1. The number of hydrogen-bond acceptors (Lipinski definition) is 2. The van der Waals surface area contributed by atoms with Crippen LogP contribution in [-0.4, -0.2) is 21.5 Å². The van der Waals surface area contributed by atoms with E-state index in [0.29, 0.717) is 22.3 Å². The summed E-state index contributed by atoms with van der Waals surface area (Å²) in [5, 5.41) is 3.68. The van der Waals surface area contributed by atoms with Crippen LogP contribution in [0.3, 0.4) is 0 Å². The lowest BCUT2D eigenvalue weighted by atomic mass is 10.2. The highest BCUT2D eigenvalue weighted by Gasteiger charge is 2.22. The number of carbonyl (C=O) groups is 1. The molecule has 1 heterocycles. The van der Waals surface area contributed by atoms with E-state index in [-0.39, 0.29) is 5.91 Å². The lowest BCUT2D eigenvalue weighted by Crippen LogP contribution is -2.25. The number of benzene rings is 1. The third kappa shape index (κ3) is 3.04. The fraction of sp³-hybridized carbons (Fsp3) is 0.429. The second kappa shape index (κ2) is 5.58. The van der Waals surface area contributed by atoms with Gasteiger partial charge in [-0.2, -0.15) is 0 Å². The number of rotatable bonds is 5. The molecule has 6 heteroatoms. The van der Waals surface area contributed by atoms with E-state index in [9.17, 15) is 4.79 Å². The Morgan fingerprint density at radius 3 is 3.05 bits per heavy atom. The first kappa shape index (κ1) is 13.6. The molecule has 0 saturated heterocycles. The van der Waals surface area contributed by atoms with Crippen LogP contribution < -0.4 is 5.32 Å². The highest BCUT2D eigenvalue weighted by molar-refractivity contribution is 7.71. The molecule has 1 aliphatic carbocycles. The largest absolute Gasteiger partial charge is 0.353 e. The molecule has 3 rings (SSSR count). The number of aryl methyl sites for hydroxylation is 1. The van der Waals surface area contributed by atoms with Gasteiger partial charge in [0.25, 0.3) is 0 Å². The topological polar surface area (TPSA) is 49.8 Å². The molecule has 1 amide bonds. The molecular formula is C14H16ClN3OS. The minimum Gasteiger partial charge on any atom is -0.353 e. The van der Waals surface area contributed by atoms with E-state index in [4.69, 9.17) is 23.8 Å². The predicted octanol–water partition coefficient (Wildman–Crippen LogP) is 3.41. The Morgan fingerprint density at radius 2 is 2.30 bits per heavy atom. The zero-order chi connectivity index (χ0) is 14.1. The van der Waals surface area contributed by atoms with Crippen LogP contribution in [0.15, 0.2) is 18.2 Å². The van der Waals surface area contributed by atoms with Crippen LogP contribution in [0.5, 0.6) is 0 Å². The smallest absolute Gasteiger partial charge is 0.220 e. The van der Waals surface area contributed by atoms with Crippen molar-refractivity contribution < 1.29 is 4.79 Å². The number of halogens is 1. The number of aromatic amines is 1. The fourth-order valence-corrected chi connectivity index (χ4v) is 2.74. The molecule has 0 atom stereocenters. The second-order valence-electron chi connectivity index (χ2n) is 5.19. The van der Waals surface area contributed by atoms with Gasteiger partial charge in [-0.25, -0.2) is 0 Å². The Balaban J connectivity index is 1.67. The van der Waals surface area contributed by atoms with Gasteiger partial charge in [-0.05, 0) is 49.7 Å². The highest BCUT2D eigenvalue weighted by atomic mass is 35.5. The summed E-state index contributed by atoms with van der Waals surface area (Å²) in [5.41, 5.74) is 1.96. The summed E-state index contributed by atoms with van der Waals surface area (Å²) in [6.07, 6.45) is 3.55. The first-order chi connectivity index (χ1) is 9.63. The van der Waals surface area contributed by atoms with Gasteiger partial charge in [0.1, 0.15) is 0 Å². The molecule has 0 unspecified atom stereocenters. The quantitative estimate of drug-likeness (QED) is 0.832. The normalized spacial score (nSPS) is 14.7. The molecule has 0 bridgehead atoms. The third-order valence-corrected chi connectivity index (χ3v) is 4.02. The number of imidazole rings is 1. The average Bonchev–Trinajstić information content (AvgIpc) is 3.15. The van der Waals surface area contributed by atoms with Gasteiger partial charge in [-0.15, -0.1) is 0 Å². The van der Waals surface area contributed by atoms with Crippen molar-refractivity contribution in [3.05, 3.63) is 28.0 Å². The molecule has 20 heavy (non-hydrogen) atoms. The van der Waals surface area contributed by atoms with Gasteiger partial charge in [-0.1, -0.05) is 11.6 Å². The maximum Gasteiger partial charge on any atom is 0.220 e. The van der Waals surface area contributed by atoms with Crippen LogP contribution in [0.25, 0.3) is 11.0 Å². The van der Waals surface area contributed by atoms with Crippen molar-refractivity contribution in [2.75, 3.05) is 0 Å². The fourth-order valence-electron chi connectivity index (χ4n) is 2.27. The zero-order valence-electron chi connectivity index (χ0n) is 11.0. The van der Waals surface area contributed by atoms with Crippen molar-refractivity contribution in [2.24, 2.45) is 0 Å². The molecule has 1 aromatic carbocycles. The summed E-state index contributed by atoms with van der Waals surface area (Å²) in [4.78, 5) is 14.8. The molecular weight excluding hydrogens is 294 g/mol. The van der Waals surface area contributed by atoms with Crippen LogP contribution in [0, 0.1) is 4.77 Å². The monoisotopic (exact) mass is 309 g/mol. The van der Waals surface area contributed by atoms with Gasteiger partial charge >= 0.3 is 0 Å². The van der Waals surface area contributed by atoms with Crippen molar-refractivity contribution in [1.29, 1.82) is 0 Å². The molecule has 0 spiro atoms. The van der Waals surface area contributed by atoms with Gasteiger partial charge in [0.05, 0.1) is 11.0 Å². The first-order valence-corrected chi connectivity index (χ1v) is 7.59. The molecule has 2 aromatic rings. The Kier molecular flexibility index (Phi) is 3.81. The van der Waals surface area contributed by atoms with E-state index >= 15 is 0 Å². The van der Waals surface area contributed by atoms with Gasteiger partial charge in [-0.3, -0.25) is 4.79 Å². The van der Waals surface area contributed by atoms with E-state index in [0.717, 1.165) is 36.8 Å². The van der Waals surface area contributed by atoms with Crippen LogP contribution >= 0.6 is 23.8 Å². The van der Waals surface area contributed by atoms with Gasteiger partial charge in [0.15, 0.2) is 4.77 Å². The zero-order valence-corrected chi connectivity index (χ0v) is 12.6. The molecule has 2 N–H and O–H groups in total. The number of amides is 1. The van der Waals surface area contributed by atoms with Crippen molar-refractivity contribution in [1.82, 2.24) is 14.9 Å². The number of aromatic nitrogens is 2. The van der Waals surface area contributed by atoms with Crippen molar-refractivity contribution in [3.8, 4) is 0 Å². The summed E-state index contributed by atoms with van der Waals surface area (Å²) in [5.74, 6) is 0.136.